The van der Waals surface area contributed by atoms with E-state index in [1.165, 1.54) is 0 Å². The Labute approximate surface area is 131 Å². The molecule has 2 heterocycles. The average Bonchev–Trinajstić information content (AvgIpc) is 3.06. The molecule has 0 bridgehead atoms. The van der Waals surface area contributed by atoms with Gasteiger partial charge in [-0.15, -0.1) is 5.10 Å². The summed E-state index contributed by atoms with van der Waals surface area (Å²) in [5.41, 5.74) is 1.12. The molecule has 1 unspecified atom stereocenters. The van der Waals surface area contributed by atoms with Crippen molar-refractivity contribution < 1.29 is 9.84 Å². The second kappa shape index (κ2) is 6.03. The van der Waals surface area contributed by atoms with E-state index in [1.54, 1.807) is 7.11 Å². The largest absolute Gasteiger partial charge is 0.497 e. The van der Waals surface area contributed by atoms with Crippen LogP contribution in [0, 0.1) is 0 Å². The quantitative estimate of drug-likeness (QED) is 0.906. The van der Waals surface area contributed by atoms with Gasteiger partial charge in [0.2, 0.25) is 10.7 Å². The third-order valence-corrected chi connectivity index (χ3v) is 3.90. The fourth-order valence-corrected chi connectivity index (χ4v) is 2.82. The zero-order valence-corrected chi connectivity index (χ0v) is 13.3. The van der Waals surface area contributed by atoms with Crippen molar-refractivity contribution in [3.05, 3.63) is 34.6 Å². The molecule has 0 aliphatic carbocycles. The minimum Gasteiger partial charge on any atom is -0.497 e. The van der Waals surface area contributed by atoms with Crippen LogP contribution in [0.2, 0.25) is 0 Å². The number of rotatable bonds is 4. The second-order valence-electron chi connectivity index (χ2n) is 5.08. The number of aromatic nitrogens is 3. The smallest absolute Gasteiger partial charge is 0.225 e. The topological polar surface area (TPSA) is 63.4 Å². The van der Waals surface area contributed by atoms with Gasteiger partial charge in [-0.1, -0.05) is 12.1 Å². The molecule has 0 radical (unpaired) electrons. The fourth-order valence-electron chi connectivity index (χ4n) is 2.47. The fraction of sp³-hybridized carbons (Fsp3) is 0.429. The summed E-state index contributed by atoms with van der Waals surface area (Å²) in [6.07, 6.45) is 0.488. The van der Waals surface area contributed by atoms with Crippen molar-refractivity contribution >= 4 is 21.9 Å². The Morgan fingerprint density at radius 3 is 2.76 bits per heavy atom. The molecule has 112 valence electrons. The molecule has 1 N–H and O–H groups in total. The first-order valence-corrected chi connectivity index (χ1v) is 7.61. The van der Waals surface area contributed by atoms with Crippen LogP contribution in [0.3, 0.4) is 0 Å². The summed E-state index contributed by atoms with van der Waals surface area (Å²) in [6, 6.07) is 7.88. The maximum absolute atomic E-state index is 9.68. The molecule has 1 aliphatic heterocycles. The number of ether oxygens (including phenoxy) is 1. The molecule has 0 amide bonds. The highest BCUT2D eigenvalue weighted by atomic mass is 79.9. The number of anilines is 1. The average molecular weight is 353 g/mol. The van der Waals surface area contributed by atoms with E-state index in [9.17, 15) is 5.11 Å². The Morgan fingerprint density at radius 2 is 2.14 bits per heavy atom. The molecular weight excluding hydrogens is 336 g/mol. The highest BCUT2D eigenvalue weighted by Gasteiger charge is 2.25. The number of β-amino-alcohol motifs (C(OH)–C–C–N with tert-alkyl or cyclic N) is 1. The first-order valence-electron chi connectivity index (χ1n) is 6.82. The number of nitrogens with zero attached hydrogens (tertiary/aromatic N) is 4. The van der Waals surface area contributed by atoms with E-state index in [2.05, 4.69) is 30.9 Å². The number of hydrogen-bond acceptors (Lipinski definition) is 5. The molecule has 1 atom stereocenters. The predicted molar refractivity (Wildman–Crippen MR) is 82.7 cm³/mol. The van der Waals surface area contributed by atoms with E-state index in [0.717, 1.165) is 30.2 Å². The van der Waals surface area contributed by atoms with E-state index < -0.39 is 0 Å². The van der Waals surface area contributed by atoms with Gasteiger partial charge in [-0.25, -0.2) is 4.68 Å². The minimum absolute atomic E-state index is 0.282. The van der Waals surface area contributed by atoms with Gasteiger partial charge in [0.1, 0.15) is 5.75 Å². The molecule has 1 saturated heterocycles. The molecule has 7 heteroatoms. The van der Waals surface area contributed by atoms with Gasteiger partial charge in [-0.3, -0.25) is 0 Å². The summed E-state index contributed by atoms with van der Waals surface area (Å²) in [6.45, 7) is 2.03. The second-order valence-corrected chi connectivity index (χ2v) is 5.78. The molecule has 1 aromatic heterocycles. The Hall–Kier alpha value is -1.60. The Bertz CT molecular complexity index is 614. The first-order chi connectivity index (χ1) is 10.2. The van der Waals surface area contributed by atoms with Gasteiger partial charge in [0.05, 0.1) is 19.8 Å². The van der Waals surface area contributed by atoms with Crippen molar-refractivity contribution in [2.45, 2.75) is 19.1 Å². The lowest BCUT2D eigenvalue weighted by molar-refractivity contribution is 0.198. The Kier molecular flexibility index (Phi) is 4.12. The lowest BCUT2D eigenvalue weighted by Gasteiger charge is -2.17. The van der Waals surface area contributed by atoms with Crippen LogP contribution in [0.15, 0.2) is 29.0 Å². The Balaban J connectivity index is 1.81. The van der Waals surface area contributed by atoms with E-state index in [4.69, 9.17) is 4.74 Å². The van der Waals surface area contributed by atoms with Crippen LogP contribution in [-0.4, -0.2) is 46.2 Å². The Morgan fingerprint density at radius 1 is 1.38 bits per heavy atom. The van der Waals surface area contributed by atoms with E-state index in [-0.39, 0.29) is 6.10 Å². The monoisotopic (exact) mass is 352 g/mol. The molecule has 0 saturated carbocycles. The van der Waals surface area contributed by atoms with Crippen LogP contribution in [0.5, 0.6) is 5.75 Å². The predicted octanol–water partition coefficient (Wildman–Crippen LogP) is 1.67. The minimum atomic E-state index is -0.282. The van der Waals surface area contributed by atoms with Gasteiger partial charge in [-0.2, -0.15) is 4.98 Å². The number of aliphatic hydroxyl groups excluding tert-OH is 1. The van der Waals surface area contributed by atoms with Crippen LogP contribution in [0.25, 0.3) is 0 Å². The maximum atomic E-state index is 9.68. The van der Waals surface area contributed by atoms with Crippen LogP contribution in [0.1, 0.15) is 12.0 Å². The van der Waals surface area contributed by atoms with Gasteiger partial charge >= 0.3 is 0 Å². The summed E-state index contributed by atoms with van der Waals surface area (Å²) in [5, 5.41) is 14.1. The van der Waals surface area contributed by atoms with Gasteiger partial charge in [0.15, 0.2) is 0 Å². The number of methoxy groups -OCH3 is 1. The molecule has 1 fully saturated rings. The summed E-state index contributed by atoms with van der Waals surface area (Å²) >= 11 is 3.33. The van der Waals surface area contributed by atoms with Crippen molar-refractivity contribution in [3.8, 4) is 5.75 Å². The summed E-state index contributed by atoms with van der Waals surface area (Å²) < 4.78 is 7.58. The van der Waals surface area contributed by atoms with E-state index in [1.807, 2.05) is 28.9 Å². The van der Waals surface area contributed by atoms with Crippen LogP contribution < -0.4 is 9.64 Å². The summed E-state index contributed by atoms with van der Waals surface area (Å²) in [4.78, 5) is 6.48. The van der Waals surface area contributed by atoms with Crippen molar-refractivity contribution in [2.75, 3.05) is 25.1 Å². The number of benzene rings is 1. The molecule has 21 heavy (non-hydrogen) atoms. The van der Waals surface area contributed by atoms with Gasteiger partial charge in [0, 0.05) is 13.1 Å². The van der Waals surface area contributed by atoms with Crippen molar-refractivity contribution in [2.24, 2.45) is 0 Å². The molecule has 0 spiro atoms. The van der Waals surface area contributed by atoms with Crippen molar-refractivity contribution in [1.29, 1.82) is 0 Å². The van der Waals surface area contributed by atoms with E-state index in [0.29, 0.717) is 17.8 Å². The van der Waals surface area contributed by atoms with Gasteiger partial charge in [-0.05, 0) is 40.0 Å². The van der Waals surface area contributed by atoms with Gasteiger partial charge < -0.3 is 14.7 Å². The third kappa shape index (κ3) is 3.19. The lowest BCUT2D eigenvalue weighted by atomic mass is 10.2. The number of halogens is 1. The molecule has 2 aromatic rings. The van der Waals surface area contributed by atoms with Crippen molar-refractivity contribution in [1.82, 2.24) is 14.8 Å². The molecule has 1 aromatic carbocycles. The SMILES string of the molecule is COc1ccc(Cn2nc(Br)nc2N2CCC(O)C2)cc1. The standard InChI is InChI=1S/C14H17BrN4O2/c1-21-12-4-2-10(3-5-12)8-19-14(16-13(15)17-19)18-7-6-11(20)9-18/h2-5,11,20H,6-9H2,1H3. The summed E-state index contributed by atoms with van der Waals surface area (Å²) in [5.74, 6) is 1.62. The molecule has 3 rings (SSSR count). The lowest BCUT2D eigenvalue weighted by Crippen LogP contribution is -2.25. The van der Waals surface area contributed by atoms with Crippen LogP contribution >= 0.6 is 15.9 Å². The first kappa shape index (κ1) is 14.3. The normalized spacial score (nSPS) is 18.2. The van der Waals surface area contributed by atoms with Gasteiger partial charge in [0.25, 0.3) is 0 Å². The highest BCUT2D eigenvalue weighted by Crippen LogP contribution is 2.22. The van der Waals surface area contributed by atoms with Crippen LogP contribution in [0.4, 0.5) is 5.95 Å². The van der Waals surface area contributed by atoms with E-state index >= 15 is 0 Å². The summed E-state index contributed by atoms with van der Waals surface area (Å²) in [7, 11) is 1.65. The number of aliphatic hydroxyl groups is 1. The third-order valence-electron chi connectivity index (χ3n) is 3.56. The van der Waals surface area contributed by atoms with Crippen LogP contribution in [-0.2, 0) is 6.54 Å². The highest BCUT2D eigenvalue weighted by molar-refractivity contribution is 9.10. The van der Waals surface area contributed by atoms with Crippen molar-refractivity contribution in [3.63, 3.8) is 0 Å². The maximum Gasteiger partial charge on any atom is 0.225 e. The zero-order chi connectivity index (χ0) is 14.8. The molecular formula is C14H17BrN4O2. The number of hydrogen-bond donors (Lipinski definition) is 1. The molecule has 6 nitrogen and oxygen atoms in total. The zero-order valence-electron chi connectivity index (χ0n) is 11.7. The molecule has 1 aliphatic rings.